The molecule has 2 bridgehead atoms. The summed E-state index contributed by atoms with van der Waals surface area (Å²) in [5, 5.41) is 30.0. The molecule has 0 saturated heterocycles. The smallest absolute Gasteiger partial charge is 0.308 e. The van der Waals surface area contributed by atoms with Crippen LogP contribution >= 0.6 is 0 Å². The lowest BCUT2D eigenvalue weighted by Crippen LogP contribution is -2.51. The molecule has 4 aromatic carbocycles. The lowest BCUT2D eigenvalue weighted by molar-refractivity contribution is -0.148. The molecule has 6 aliphatic rings. The van der Waals surface area contributed by atoms with Crippen molar-refractivity contribution in [3.63, 3.8) is 0 Å². The Hall–Kier alpha value is -7.10. The molecule has 374 valence electrons. The second kappa shape index (κ2) is 17.5. The number of nitrogens with zero attached hydrogens (tertiary/aromatic N) is 5. The monoisotopic (exact) mass is 990 g/mol. The molecule has 5 atom stereocenters. The van der Waals surface area contributed by atoms with Crippen LogP contribution in [0.3, 0.4) is 0 Å². The van der Waals surface area contributed by atoms with E-state index < -0.39 is 47.0 Å². The van der Waals surface area contributed by atoms with E-state index in [1.54, 1.807) is 6.20 Å². The summed E-state index contributed by atoms with van der Waals surface area (Å²) >= 11 is 0. The average molecular weight is 991 g/mol. The fourth-order valence-electron chi connectivity index (χ4n) is 13.3. The maximum Gasteiger partial charge on any atom is 0.308 e. The summed E-state index contributed by atoms with van der Waals surface area (Å²) in [6.45, 7) is 2.29. The molecule has 4 aromatic heterocycles. The van der Waals surface area contributed by atoms with Crippen LogP contribution in [0.2, 0.25) is 0 Å². The number of anilines is 2. The molecule has 0 amide bonds. The number of fused-ring (bicyclic) bond motifs is 7. The van der Waals surface area contributed by atoms with Crippen LogP contribution in [0.15, 0.2) is 73.1 Å². The fourth-order valence-corrected chi connectivity index (χ4v) is 13.3. The number of aromatic nitrogens is 6. The first-order chi connectivity index (χ1) is 35.4. The van der Waals surface area contributed by atoms with Gasteiger partial charge in [-0.25, -0.2) is 37.5 Å². The van der Waals surface area contributed by atoms with E-state index in [0.717, 1.165) is 98.4 Å². The molecule has 6 aliphatic carbocycles. The van der Waals surface area contributed by atoms with E-state index in [1.165, 1.54) is 18.3 Å². The number of para-hydroxylation sites is 2. The number of nitrogens with one attached hydrogen (secondary N) is 3. The van der Waals surface area contributed by atoms with Crippen molar-refractivity contribution in [2.24, 2.45) is 35.5 Å². The number of halogens is 4. The predicted molar refractivity (Wildman–Crippen MR) is 270 cm³/mol. The van der Waals surface area contributed by atoms with Crippen molar-refractivity contribution in [3.05, 3.63) is 107 Å². The van der Waals surface area contributed by atoms with E-state index in [0.29, 0.717) is 57.3 Å². The summed E-state index contributed by atoms with van der Waals surface area (Å²) in [7, 11) is 0. The Kier molecular flexibility index (Phi) is 11.0. The van der Waals surface area contributed by atoms with Crippen LogP contribution < -0.4 is 10.6 Å². The highest BCUT2D eigenvalue weighted by Gasteiger charge is 2.48. The summed E-state index contributed by atoms with van der Waals surface area (Å²) in [6.07, 6.45) is 13.0. The average Bonchev–Trinajstić information content (AvgIpc) is 4.30. The summed E-state index contributed by atoms with van der Waals surface area (Å²) in [4.78, 5) is 48.9. The van der Waals surface area contributed by atoms with Gasteiger partial charge in [-0.3, -0.25) is 9.59 Å². The van der Waals surface area contributed by atoms with E-state index in [2.05, 4.69) is 28.6 Å². The second-order valence-corrected chi connectivity index (χ2v) is 21.8. The highest BCUT2D eigenvalue weighted by atomic mass is 19.1. The zero-order chi connectivity index (χ0) is 50.0. The van der Waals surface area contributed by atoms with Gasteiger partial charge in [0, 0.05) is 81.7 Å². The van der Waals surface area contributed by atoms with E-state index >= 15 is 13.2 Å². The first-order valence-corrected chi connectivity index (χ1v) is 25.9. The Balaban J connectivity index is 0.918. The molecule has 6 saturated carbocycles. The second-order valence-electron chi connectivity index (χ2n) is 21.8. The molecule has 12 nitrogen and oxygen atoms in total. The molecule has 0 aliphatic heterocycles. The third-order valence-electron chi connectivity index (χ3n) is 17.3. The minimum Gasteiger partial charge on any atom is -0.481 e. The van der Waals surface area contributed by atoms with Gasteiger partial charge in [-0.2, -0.15) is 0 Å². The van der Waals surface area contributed by atoms with Gasteiger partial charge in [0.25, 0.3) is 0 Å². The van der Waals surface area contributed by atoms with Gasteiger partial charge in [-0.15, -0.1) is 0 Å². The summed E-state index contributed by atoms with van der Waals surface area (Å²) in [6, 6.07) is 15.2. The fraction of sp³-hybridized carbons (Fsp3) is 0.404. The number of carboxylic acids is 2. The predicted octanol–water partition coefficient (Wildman–Crippen LogP) is 12.7. The van der Waals surface area contributed by atoms with Gasteiger partial charge < -0.3 is 30.4 Å². The Morgan fingerprint density at radius 3 is 2.08 bits per heavy atom. The van der Waals surface area contributed by atoms with Gasteiger partial charge in [-0.05, 0) is 123 Å². The van der Waals surface area contributed by atoms with Crippen molar-refractivity contribution in [1.29, 1.82) is 0 Å². The molecule has 2 unspecified atom stereocenters. The third kappa shape index (κ3) is 7.93. The number of hydrogen-bond acceptors (Lipinski definition) is 8. The van der Waals surface area contributed by atoms with Crippen LogP contribution in [-0.4, -0.2) is 64.2 Å². The molecule has 5 N–H and O–H groups in total. The molecule has 4 heterocycles. The summed E-state index contributed by atoms with van der Waals surface area (Å²) in [5.41, 5.74) is 4.18. The number of aliphatic carboxylic acids is 2. The van der Waals surface area contributed by atoms with Crippen LogP contribution in [0, 0.1) is 58.8 Å². The number of H-pyrrole nitrogens is 1. The molecule has 0 spiro atoms. The number of carbonyl (C=O) groups is 2. The third-order valence-corrected chi connectivity index (χ3v) is 17.3. The van der Waals surface area contributed by atoms with Gasteiger partial charge in [0.15, 0.2) is 11.6 Å². The highest BCUT2D eigenvalue weighted by molar-refractivity contribution is 6.00. The summed E-state index contributed by atoms with van der Waals surface area (Å²) in [5.74, 6) is -3.91. The van der Waals surface area contributed by atoms with Crippen molar-refractivity contribution in [2.45, 2.75) is 101 Å². The normalized spacial score (nSPS) is 25.2. The van der Waals surface area contributed by atoms with E-state index in [9.17, 15) is 24.2 Å². The Morgan fingerprint density at radius 2 is 1.37 bits per heavy atom. The van der Waals surface area contributed by atoms with Crippen molar-refractivity contribution < 1.29 is 37.4 Å². The minimum absolute atomic E-state index is 0.0225. The topological polar surface area (TPSA) is 171 Å². The number of carboxylic acid groups (broad SMARTS) is 2. The standard InChI is InChI=1S/C57H54F4N8O4/c1-26-8-10-28(11-9-26)40(56(70)71)23-63-52-35-6-3-5-34(49(35)66-54(67-52)41-24-62-50-38(41)18-31(58)20-43(50)60)37-22-45(37)69-25-42(39-19-32(59)21-44(61)51(39)69)55-65-48-33(27-12-13-27)4-2-7-36(48)53(68-55)64-47-30-16-14-29(15-17-30)46(47)57(72)73/h2-7,18-21,24-30,37,40,45-47,62H,8-17,22-23H2,1H3,(H,70,71)(H,72,73)(H,63,66,67)(H,64,65,68)/t26?,28?,29?,30?,37?,40-,45?,46-,47-/m1/s1. The minimum atomic E-state index is -0.895. The molecule has 73 heavy (non-hydrogen) atoms. The van der Waals surface area contributed by atoms with Crippen LogP contribution in [-0.2, 0) is 9.59 Å². The largest absolute Gasteiger partial charge is 0.481 e. The van der Waals surface area contributed by atoms with Gasteiger partial charge in [0.2, 0.25) is 0 Å². The lowest BCUT2D eigenvalue weighted by Gasteiger charge is -2.47. The van der Waals surface area contributed by atoms with Crippen LogP contribution in [0.25, 0.3) is 66.4 Å². The maximum absolute atomic E-state index is 16.5. The van der Waals surface area contributed by atoms with Crippen molar-refractivity contribution >= 4 is 67.2 Å². The van der Waals surface area contributed by atoms with Crippen molar-refractivity contribution in [1.82, 2.24) is 29.5 Å². The Morgan fingerprint density at radius 1 is 0.726 bits per heavy atom. The number of benzene rings is 4. The van der Waals surface area contributed by atoms with Crippen LogP contribution in [0.4, 0.5) is 29.2 Å². The molecule has 0 radical (unpaired) electrons. The summed E-state index contributed by atoms with van der Waals surface area (Å²) < 4.78 is 63.8. The maximum atomic E-state index is 16.5. The molecular weight excluding hydrogens is 937 g/mol. The molecule has 6 fully saturated rings. The molecule has 14 rings (SSSR count). The highest BCUT2D eigenvalue weighted by Crippen LogP contribution is 2.56. The van der Waals surface area contributed by atoms with E-state index in [4.69, 9.17) is 19.9 Å². The molecular formula is C57H54F4N8O4. The quantitative estimate of drug-likeness (QED) is 0.0701. The van der Waals surface area contributed by atoms with Gasteiger partial charge >= 0.3 is 11.9 Å². The van der Waals surface area contributed by atoms with Crippen molar-refractivity contribution in [3.8, 4) is 22.8 Å². The zero-order valence-electron chi connectivity index (χ0n) is 40.1. The van der Waals surface area contributed by atoms with Crippen LogP contribution in [0.1, 0.15) is 107 Å². The molecule has 16 heteroatoms. The first-order valence-electron chi connectivity index (χ1n) is 25.9. The first kappa shape index (κ1) is 45.7. The molecule has 8 aromatic rings. The SMILES string of the molecule is CC1CCC([C@@H](CNc2nc(-c3c[nH]c4c(F)cc(F)cc34)nc3c(C4CC4n4cc(-c5nc(N[C@@H]6C7CCC(CC7)[C@H]6C(=O)O)c6cccc(C7CC7)c6n5)c5cc(F)cc(F)c54)cccc23)C(=O)O)CC1. The number of aromatic amines is 1. The van der Waals surface area contributed by atoms with Crippen molar-refractivity contribution in [2.75, 3.05) is 17.2 Å². The Labute approximate surface area is 417 Å². The van der Waals surface area contributed by atoms with Gasteiger partial charge in [0.05, 0.1) is 33.9 Å². The number of rotatable bonds is 13. The number of hydrogen-bond donors (Lipinski definition) is 5. The van der Waals surface area contributed by atoms with Gasteiger partial charge in [-0.1, -0.05) is 44.0 Å². The van der Waals surface area contributed by atoms with Gasteiger partial charge in [0.1, 0.15) is 34.9 Å². The Bertz CT molecular complexity index is 3560. The van der Waals surface area contributed by atoms with E-state index in [1.807, 2.05) is 34.9 Å². The van der Waals surface area contributed by atoms with Crippen LogP contribution in [0.5, 0.6) is 0 Å². The lowest BCUT2D eigenvalue weighted by atomic mass is 9.61. The van der Waals surface area contributed by atoms with E-state index in [-0.39, 0.29) is 70.4 Å². The zero-order valence-corrected chi connectivity index (χ0v) is 40.1.